The number of aromatic nitrogens is 1. The Morgan fingerprint density at radius 3 is 2.47 bits per heavy atom. The van der Waals surface area contributed by atoms with Crippen molar-refractivity contribution in [1.29, 1.82) is 0 Å². The van der Waals surface area contributed by atoms with Gasteiger partial charge in [0.15, 0.2) is 16.6 Å². The summed E-state index contributed by atoms with van der Waals surface area (Å²) >= 11 is 1.30. The van der Waals surface area contributed by atoms with Crippen LogP contribution in [0.25, 0.3) is 11.3 Å². The van der Waals surface area contributed by atoms with Gasteiger partial charge in [0.25, 0.3) is 15.9 Å². The lowest BCUT2D eigenvalue weighted by molar-refractivity contribution is 0.102. The van der Waals surface area contributed by atoms with Crippen LogP contribution in [0.1, 0.15) is 15.9 Å². The normalized spacial score (nSPS) is 12.4. The minimum Gasteiger partial charge on any atom is -0.454 e. The Bertz CT molecular complexity index is 1460. The molecule has 1 amide bonds. The number of rotatable bonds is 6. The summed E-state index contributed by atoms with van der Waals surface area (Å²) in [6.45, 7) is 2.08. The monoisotopic (exact) mass is 493 g/mol. The van der Waals surface area contributed by atoms with Crippen molar-refractivity contribution in [2.75, 3.05) is 16.8 Å². The molecule has 4 aromatic rings. The van der Waals surface area contributed by atoms with E-state index in [1.54, 1.807) is 48.5 Å². The molecule has 0 saturated carbocycles. The first-order chi connectivity index (χ1) is 16.4. The van der Waals surface area contributed by atoms with Crippen LogP contribution in [0.2, 0.25) is 0 Å². The molecule has 0 atom stereocenters. The second kappa shape index (κ2) is 8.81. The number of sulfonamides is 1. The summed E-state index contributed by atoms with van der Waals surface area (Å²) in [5, 5.41) is 5.06. The van der Waals surface area contributed by atoms with Crippen molar-refractivity contribution in [1.82, 2.24) is 4.98 Å². The van der Waals surface area contributed by atoms with Crippen LogP contribution in [-0.2, 0) is 10.0 Å². The second-order valence-electron chi connectivity index (χ2n) is 7.56. The first-order valence-electron chi connectivity index (χ1n) is 10.2. The number of aryl methyl sites for hydroxylation is 1. The number of hydrogen-bond donors (Lipinski definition) is 2. The largest absolute Gasteiger partial charge is 0.454 e. The van der Waals surface area contributed by atoms with Gasteiger partial charge < -0.3 is 9.47 Å². The molecule has 0 fully saturated rings. The number of carbonyl (C=O) groups is 1. The number of nitrogens with zero attached hydrogens (tertiary/aromatic N) is 1. The molecule has 34 heavy (non-hydrogen) atoms. The van der Waals surface area contributed by atoms with Gasteiger partial charge in [0, 0.05) is 22.2 Å². The molecule has 0 spiro atoms. The van der Waals surface area contributed by atoms with Crippen molar-refractivity contribution >= 4 is 38.1 Å². The van der Waals surface area contributed by atoms with Crippen LogP contribution in [-0.4, -0.2) is 26.1 Å². The summed E-state index contributed by atoms with van der Waals surface area (Å²) in [6.07, 6.45) is 0. The van der Waals surface area contributed by atoms with Crippen molar-refractivity contribution in [3.63, 3.8) is 0 Å². The zero-order chi connectivity index (χ0) is 23.7. The Hall–Kier alpha value is -3.89. The molecule has 1 aromatic heterocycles. The average Bonchev–Trinajstić information content (AvgIpc) is 3.48. The van der Waals surface area contributed by atoms with Crippen molar-refractivity contribution in [3.8, 4) is 22.8 Å². The van der Waals surface area contributed by atoms with E-state index in [1.807, 2.05) is 30.5 Å². The average molecular weight is 494 g/mol. The van der Waals surface area contributed by atoms with Crippen LogP contribution in [0.4, 0.5) is 10.8 Å². The number of nitrogens with one attached hydrogen (secondary N) is 2. The fourth-order valence-electron chi connectivity index (χ4n) is 3.31. The Balaban J connectivity index is 1.25. The standard InChI is InChI=1S/C24H19N3O5S2/c1-15-2-9-19(10-3-15)34(29,30)27-18-7-4-16(5-8-18)23(28)26-24-25-20(13-33-24)17-6-11-21-22(12-17)32-14-31-21/h2-13,27H,14H2,1H3,(H,25,26,28). The summed E-state index contributed by atoms with van der Waals surface area (Å²) in [4.78, 5) is 17.3. The van der Waals surface area contributed by atoms with Gasteiger partial charge in [0.05, 0.1) is 10.6 Å². The van der Waals surface area contributed by atoms with Gasteiger partial charge >= 0.3 is 0 Å². The summed E-state index contributed by atoms with van der Waals surface area (Å²) < 4.78 is 38.3. The highest BCUT2D eigenvalue weighted by Gasteiger charge is 2.17. The number of amides is 1. The van der Waals surface area contributed by atoms with E-state index in [2.05, 4.69) is 15.0 Å². The van der Waals surface area contributed by atoms with Gasteiger partial charge in [-0.05, 0) is 61.5 Å². The van der Waals surface area contributed by atoms with Gasteiger partial charge in [0.2, 0.25) is 6.79 Å². The molecular formula is C24H19N3O5S2. The molecule has 1 aliphatic heterocycles. The molecule has 0 radical (unpaired) electrons. The van der Waals surface area contributed by atoms with E-state index in [0.717, 1.165) is 11.1 Å². The van der Waals surface area contributed by atoms with E-state index in [4.69, 9.17) is 9.47 Å². The van der Waals surface area contributed by atoms with E-state index in [0.29, 0.717) is 33.6 Å². The van der Waals surface area contributed by atoms with Gasteiger partial charge in [-0.3, -0.25) is 14.8 Å². The van der Waals surface area contributed by atoms with Crippen molar-refractivity contribution in [2.45, 2.75) is 11.8 Å². The number of fused-ring (bicyclic) bond motifs is 1. The van der Waals surface area contributed by atoms with E-state index >= 15 is 0 Å². The van der Waals surface area contributed by atoms with Crippen LogP contribution in [0.3, 0.4) is 0 Å². The molecule has 2 N–H and O–H groups in total. The maximum atomic E-state index is 12.6. The van der Waals surface area contributed by atoms with Gasteiger partial charge in [0.1, 0.15) is 0 Å². The zero-order valence-electron chi connectivity index (χ0n) is 17.9. The quantitative estimate of drug-likeness (QED) is 0.396. The van der Waals surface area contributed by atoms with Crippen LogP contribution in [0, 0.1) is 6.92 Å². The Morgan fingerprint density at radius 1 is 0.971 bits per heavy atom. The smallest absolute Gasteiger partial charge is 0.261 e. The molecule has 10 heteroatoms. The van der Waals surface area contributed by atoms with Gasteiger partial charge in [-0.2, -0.15) is 0 Å². The van der Waals surface area contributed by atoms with E-state index in [-0.39, 0.29) is 17.6 Å². The number of hydrogen-bond acceptors (Lipinski definition) is 7. The van der Waals surface area contributed by atoms with Crippen LogP contribution in [0.5, 0.6) is 11.5 Å². The predicted molar refractivity (Wildman–Crippen MR) is 130 cm³/mol. The van der Waals surface area contributed by atoms with Crippen LogP contribution >= 0.6 is 11.3 Å². The molecule has 0 aliphatic carbocycles. The molecule has 1 aliphatic rings. The molecule has 2 heterocycles. The first-order valence-corrected chi connectivity index (χ1v) is 12.6. The first kappa shape index (κ1) is 21.9. The summed E-state index contributed by atoms with van der Waals surface area (Å²) in [5.41, 5.74) is 3.26. The number of thiazole rings is 1. The van der Waals surface area contributed by atoms with Gasteiger partial charge in [-0.15, -0.1) is 11.3 Å². The summed E-state index contributed by atoms with van der Waals surface area (Å²) in [5.74, 6) is 1.01. The molecule has 8 nitrogen and oxygen atoms in total. The number of ether oxygens (including phenoxy) is 2. The highest BCUT2D eigenvalue weighted by atomic mass is 32.2. The van der Waals surface area contributed by atoms with Crippen LogP contribution in [0.15, 0.2) is 77.0 Å². The van der Waals surface area contributed by atoms with Gasteiger partial charge in [-0.25, -0.2) is 13.4 Å². The highest BCUT2D eigenvalue weighted by molar-refractivity contribution is 7.92. The third kappa shape index (κ3) is 4.59. The molecule has 3 aromatic carbocycles. The SMILES string of the molecule is Cc1ccc(S(=O)(=O)Nc2ccc(C(=O)Nc3nc(-c4ccc5c(c4)OCO5)cs3)cc2)cc1. The fourth-order valence-corrected chi connectivity index (χ4v) is 5.08. The van der Waals surface area contributed by atoms with Crippen molar-refractivity contribution in [3.05, 3.63) is 83.2 Å². The molecule has 0 saturated heterocycles. The predicted octanol–water partition coefficient (Wildman–Crippen LogP) is 4.90. The second-order valence-corrected chi connectivity index (χ2v) is 10.1. The maximum absolute atomic E-state index is 12.6. The number of benzene rings is 3. The Morgan fingerprint density at radius 2 is 1.71 bits per heavy atom. The topological polar surface area (TPSA) is 107 Å². The van der Waals surface area contributed by atoms with E-state index < -0.39 is 10.0 Å². The van der Waals surface area contributed by atoms with Crippen LogP contribution < -0.4 is 19.5 Å². The summed E-state index contributed by atoms with van der Waals surface area (Å²) in [6, 6.07) is 18.3. The van der Waals surface area contributed by atoms with Crippen molar-refractivity contribution in [2.24, 2.45) is 0 Å². The molecular weight excluding hydrogens is 474 g/mol. The number of carbonyl (C=O) groups excluding carboxylic acids is 1. The Labute approximate surface area is 200 Å². The molecule has 0 unspecified atom stereocenters. The lowest BCUT2D eigenvalue weighted by Crippen LogP contribution is -2.14. The minimum atomic E-state index is -3.71. The molecule has 5 rings (SSSR count). The number of anilines is 2. The molecule has 172 valence electrons. The van der Waals surface area contributed by atoms with E-state index in [9.17, 15) is 13.2 Å². The maximum Gasteiger partial charge on any atom is 0.261 e. The summed E-state index contributed by atoms with van der Waals surface area (Å²) in [7, 11) is -3.71. The molecule has 0 bridgehead atoms. The zero-order valence-corrected chi connectivity index (χ0v) is 19.6. The third-order valence-electron chi connectivity index (χ3n) is 5.12. The Kier molecular flexibility index (Phi) is 5.68. The third-order valence-corrected chi connectivity index (χ3v) is 7.28. The fraction of sp³-hybridized carbons (Fsp3) is 0.0833. The lowest BCUT2D eigenvalue weighted by Gasteiger charge is -2.09. The highest BCUT2D eigenvalue weighted by Crippen LogP contribution is 2.36. The van der Waals surface area contributed by atoms with Crippen molar-refractivity contribution < 1.29 is 22.7 Å². The minimum absolute atomic E-state index is 0.168. The lowest BCUT2D eigenvalue weighted by atomic mass is 10.1. The van der Waals surface area contributed by atoms with Gasteiger partial charge in [-0.1, -0.05) is 17.7 Å². The van der Waals surface area contributed by atoms with E-state index in [1.165, 1.54) is 11.3 Å².